The molecule has 1 unspecified atom stereocenters. The van der Waals surface area contributed by atoms with Crippen LogP contribution in [0.4, 0.5) is 10.1 Å². The summed E-state index contributed by atoms with van der Waals surface area (Å²) in [6.45, 7) is 0.150. The molecule has 2 atom stereocenters. The summed E-state index contributed by atoms with van der Waals surface area (Å²) in [5, 5.41) is 5.37. The predicted octanol–water partition coefficient (Wildman–Crippen LogP) is 2.69. The highest BCUT2D eigenvalue weighted by atomic mass is 32.2. The minimum absolute atomic E-state index is 0.0602. The molecule has 0 aromatic heterocycles. The Morgan fingerprint density at radius 2 is 1.95 bits per heavy atom. The molecule has 1 aliphatic carbocycles. The average molecular weight is 561 g/mol. The van der Waals surface area contributed by atoms with Gasteiger partial charge in [-0.05, 0) is 47.7 Å². The summed E-state index contributed by atoms with van der Waals surface area (Å²) >= 11 is -2.44. The minimum atomic E-state index is -2.44. The first-order valence-corrected chi connectivity index (χ1v) is 13.8. The number of anilines is 1. The van der Waals surface area contributed by atoms with Crippen molar-refractivity contribution in [3.8, 4) is 5.75 Å². The highest BCUT2D eigenvalue weighted by Gasteiger charge is 2.25. The quantitative estimate of drug-likeness (QED) is 0.219. The number of benzene rings is 2. The molecule has 0 aliphatic heterocycles. The second kappa shape index (κ2) is 14.6. The Bertz CT molecular complexity index is 1200. The van der Waals surface area contributed by atoms with Gasteiger partial charge in [0.05, 0.1) is 13.5 Å². The standard InChI is InChI=1S/C27H36FN5O5S/c1-33(39(36)37)21-10-6-9-19(13-21)16-25(34)32-27(29)31-23(14-18-7-4-3-5-8-18)26(35)30-17-20-11-12-22(28)24(15-20)38-2/h6,9-13,15,18,23H,3-5,7-8,14,16-17H2,1-2H3,(H,30,35)(H,36,37)(H3,29,31,32,34)/p-1/t23-/m1/s1. The Labute approximate surface area is 230 Å². The van der Waals surface area contributed by atoms with Gasteiger partial charge < -0.3 is 24.6 Å². The van der Waals surface area contributed by atoms with Gasteiger partial charge in [0.2, 0.25) is 11.8 Å². The molecule has 4 N–H and O–H groups in total. The lowest BCUT2D eigenvalue weighted by Crippen LogP contribution is -2.42. The molecule has 0 bridgehead atoms. The molecule has 0 spiro atoms. The number of nitrogens with one attached hydrogen (secondary N) is 2. The van der Waals surface area contributed by atoms with Gasteiger partial charge in [-0.15, -0.1) is 0 Å². The lowest BCUT2D eigenvalue weighted by atomic mass is 9.84. The van der Waals surface area contributed by atoms with Gasteiger partial charge in [0.25, 0.3) is 0 Å². The van der Waals surface area contributed by atoms with Crippen LogP contribution in [-0.4, -0.2) is 46.7 Å². The summed E-state index contributed by atoms with van der Waals surface area (Å²) in [5.41, 5.74) is 7.71. The summed E-state index contributed by atoms with van der Waals surface area (Å²) in [4.78, 5) is 30.1. The molecule has 0 saturated heterocycles. The molecule has 39 heavy (non-hydrogen) atoms. The van der Waals surface area contributed by atoms with Crippen molar-refractivity contribution in [3.63, 3.8) is 0 Å². The van der Waals surface area contributed by atoms with Crippen LogP contribution < -0.4 is 25.4 Å². The maximum absolute atomic E-state index is 13.7. The van der Waals surface area contributed by atoms with Crippen LogP contribution in [0.1, 0.15) is 49.7 Å². The van der Waals surface area contributed by atoms with Gasteiger partial charge in [-0.2, -0.15) is 0 Å². The van der Waals surface area contributed by atoms with Crippen LogP contribution in [0.25, 0.3) is 0 Å². The number of hydrogen-bond donors (Lipinski definition) is 3. The van der Waals surface area contributed by atoms with Gasteiger partial charge >= 0.3 is 0 Å². The molecule has 1 fully saturated rings. The highest BCUT2D eigenvalue weighted by molar-refractivity contribution is 7.80. The fraction of sp³-hybridized carbons (Fsp3) is 0.444. The third-order valence-electron chi connectivity index (χ3n) is 6.69. The van der Waals surface area contributed by atoms with Gasteiger partial charge in [-0.25, -0.2) is 9.38 Å². The van der Waals surface area contributed by atoms with Crippen molar-refractivity contribution in [2.24, 2.45) is 16.6 Å². The number of methoxy groups -OCH3 is 1. The SMILES string of the molecule is COc1cc(CNC(=O)[C@@H](CC2CCCCC2)N=C(N)NC(=O)Cc2cccc(N(C)S(=O)[O-])c2)ccc1F. The van der Waals surface area contributed by atoms with E-state index in [0.29, 0.717) is 29.2 Å². The molecule has 0 heterocycles. The van der Waals surface area contributed by atoms with Gasteiger partial charge in [-0.3, -0.25) is 19.1 Å². The molecule has 3 rings (SSSR count). The normalized spacial score (nSPS) is 15.7. The molecule has 212 valence electrons. The third-order valence-corrected chi connectivity index (χ3v) is 7.35. The number of halogens is 1. The van der Waals surface area contributed by atoms with Crippen LogP contribution in [-0.2, 0) is 33.8 Å². The monoisotopic (exact) mass is 560 g/mol. The van der Waals surface area contributed by atoms with Crippen LogP contribution in [0.2, 0.25) is 0 Å². The summed E-state index contributed by atoms with van der Waals surface area (Å²) < 4.78 is 42.2. The summed E-state index contributed by atoms with van der Waals surface area (Å²) in [7, 11) is 2.77. The van der Waals surface area contributed by atoms with E-state index in [1.165, 1.54) is 32.7 Å². The number of rotatable bonds is 11. The number of nitrogens with two attached hydrogens (primary N) is 1. The lowest BCUT2D eigenvalue weighted by molar-refractivity contribution is -0.123. The van der Waals surface area contributed by atoms with Crippen molar-refractivity contribution in [1.82, 2.24) is 10.6 Å². The topological polar surface area (TPSA) is 149 Å². The van der Waals surface area contributed by atoms with Crippen LogP contribution in [0.3, 0.4) is 0 Å². The summed E-state index contributed by atoms with van der Waals surface area (Å²) in [5.74, 6) is -1.05. The summed E-state index contributed by atoms with van der Waals surface area (Å²) in [6.07, 6.45) is 5.80. The minimum Gasteiger partial charge on any atom is -0.755 e. The predicted molar refractivity (Wildman–Crippen MR) is 147 cm³/mol. The van der Waals surface area contributed by atoms with E-state index >= 15 is 0 Å². The summed E-state index contributed by atoms with van der Waals surface area (Å²) in [6, 6.07) is 10.1. The van der Waals surface area contributed by atoms with E-state index in [0.717, 1.165) is 30.0 Å². The van der Waals surface area contributed by atoms with Crippen molar-refractivity contribution >= 4 is 34.7 Å². The number of hydrogen-bond acceptors (Lipinski definition) is 6. The molecule has 0 radical (unpaired) electrons. The van der Waals surface area contributed by atoms with Crippen molar-refractivity contribution in [2.75, 3.05) is 18.5 Å². The van der Waals surface area contributed by atoms with Crippen molar-refractivity contribution in [1.29, 1.82) is 0 Å². The largest absolute Gasteiger partial charge is 0.755 e. The molecule has 12 heteroatoms. The van der Waals surface area contributed by atoms with E-state index in [2.05, 4.69) is 15.6 Å². The average Bonchev–Trinajstić information content (AvgIpc) is 2.92. The van der Waals surface area contributed by atoms with Crippen molar-refractivity contribution in [2.45, 2.75) is 57.5 Å². The van der Waals surface area contributed by atoms with E-state index in [-0.39, 0.29) is 30.6 Å². The maximum atomic E-state index is 13.7. The van der Waals surface area contributed by atoms with Crippen molar-refractivity contribution < 1.29 is 27.5 Å². The Kier molecular flexibility index (Phi) is 11.2. The Morgan fingerprint density at radius 1 is 1.21 bits per heavy atom. The van der Waals surface area contributed by atoms with Crippen LogP contribution in [0.15, 0.2) is 47.5 Å². The Hall–Kier alpha value is -3.51. The number of carbonyl (C=O) groups is 2. The van der Waals surface area contributed by atoms with Crippen molar-refractivity contribution in [3.05, 3.63) is 59.4 Å². The number of ether oxygens (including phenoxy) is 1. The smallest absolute Gasteiger partial charge is 0.245 e. The fourth-order valence-corrected chi connectivity index (χ4v) is 4.88. The van der Waals surface area contributed by atoms with E-state index in [1.807, 2.05) is 0 Å². The molecular formula is C27H35FN5O5S-. The number of carbonyl (C=O) groups excluding carboxylic acids is 2. The van der Waals surface area contributed by atoms with Gasteiger partial charge in [0.15, 0.2) is 17.5 Å². The lowest BCUT2D eigenvalue weighted by Gasteiger charge is -2.24. The van der Waals surface area contributed by atoms with E-state index < -0.39 is 29.0 Å². The number of amides is 2. The molecule has 10 nitrogen and oxygen atoms in total. The number of aliphatic imine (C=N–C) groups is 1. The second-order valence-electron chi connectivity index (χ2n) is 9.57. The zero-order chi connectivity index (χ0) is 28.4. The van der Waals surface area contributed by atoms with E-state index in [9.17, 15) is 22.7 Å². The zero-order valence-electron chi connectivity index (χ0n) is 22.2. The molecule has 2 aromatic rings. The fourth-order valence-electron chi connectivity index (χ4n) is 4.60. The molecule has 1 saturated carbocycles. The van der Waals surface area contributed by atoms with Crippen LogP contribution in [0, 0.1) is 11.7 Å². The first kappa shape index (κ1) is 30.0. The maximum Gasteiger partial charge on any atom is 0.245 e. The van der Waals surface area contributed by atoms with Crippen LogP contribution in [0.5, 0.6) is 5.75 Å². The highest BCUT2D eigenvalue weighted by Crippen LogP contribution is 2.28. The molecule has 2 amide bonds. The Balaban J connectivity index is 1.67. The van der Waals surface area contributed by atoms with E-state index in [4.69, 9.17) is 10.5 Å². The molecule has 2 aromatic carbocycles. The van der Waals surface area contributed by atoms with Crippen LogP contribution >= 0.6 is 0 Å². The van der Waals surface area contributed by atoms with Gasteiger partial charge in [-0.1, -0.05) is 50.3 Å². The first-order valence-electron chi connectivity index (χ1n) is 12.8. The second-order valence-corrected chi connectivity index (χ2v) is 10.5. The zero-order valence-corrected chi connectivity index (χ0v) is 23.0. The Morgan fingerprint density at radius 3 is 2.64 bits per heavy atom. The molecule has 1 aliphatic rings. The van der Waals surface area contributed by atoms with E-state index in [1.54, 1.807) is 30.3 Å². The first-order chi connectivity index (χ1) is 18.7. The molecular weight excluding hydrogens is 525 g/mol. The number of guanidine groups is 1. The number of nitrogens with zero attached hydrogens (tertiary/aromatic N) is 2. The third kappa shape index (κ3) is 9.32. The van der Waals surface area contributed by atoms with Gasteiger partial charge in [0, 0.05) is 30.5 Å². The van der Waals surface area contributed by atoms with Gasteiger partial charge in [0.1, 0.15) is 6.04 Å².